The summed E-state index contributed by atoms with van der Waals surface area (Å²) in [7, 11) is 0. The van der Waals surface area contributed by atoms with E-state index in [0.29, 0.717) is 6.61 Å². The molecular formula is C12H22N2O. The number of nitrogens with zero attached hydrogens (tertiary/aromatic N) is 1. The van der Waals surface area contributed by atoms with E-state index in [9.17, 15) is 0 Å². The van der Waals surface area contributed by atoms with Crippen LogP contribution in [0.25, 0.3) is 0 Å². The summed E-state index contributed by atoms with van der Waals surface area (Å²) in [4.78, 5) is 4.04. The van der Waals surface area contributed by atoms with E-state index in [1.807, 2.05) is 33.0 Å². The van der Waals surface area contributed by atoms with Crippen molar-refractivity contribution in [2.24, 2.45) is 0 Å². The van der Waals surface area contributed by atoms with Crippen LogP contribution in [0.4, 0.5) is 0 Å². The number of aryl methyl sites for hydroxylation is 1. The molecule has 0 aromatic carbocycles. The van der Waals surface area contributed by atoms with Gasteiger partial charge in [0.2, 0.25) is 0 Å². The third-order valence-electron chi connectivity index (χ3n) is 1.65. The number of hydrogen-bond acceptors (Lipinski definition) is 3. The minimum atomic E-state index is 0.693. The topological polar surface area (TPSA) is 34.1 Å². The summed E-state index contributed by atoms with van der Waals surface area (Å²) < 4.78 is 5.46. The van der Waals surface area contributed by atoms with Crippen molar-refractivity contribution in [3.63, 3.8) is 0 Å². The van der Waals surface area contributed by atoms with Crippen LogP contribution in [0.1, 0.15) is 26.3 Å². The van der Waals surface area contributed by atoms with Gasteiger partial charge in [-0.2, -0.15) is 0 Å². The Labute approximate surface area is 92.9 Å². The first kappa shape index (κ1) is 13.9. The molecule has 0 aliphatic carbocycles. The zero-order valence-electron chi connectivity index (χ0n) is 10.2. The van der Waals surface area contributed by atoms with Crippen LogP contribution < -0.4 is 10.1 Å². The van der Waals surface area contributed by atoms with Crippen molar-refractivity contribution < 1.29 is 4.74 Å². The Morgan fingerprint density at radius 2 is 2.07 bits per heavy atom. The highest BCUT2D eigenvalue weighted by atomic mass is 16.5. The average molecular weight is 210 g/mol. The van der Waals surface area contributed by atoms with Gasteiger partial charge in [-0.1, -0.05) is 20.8 Å². The van der Waals surface area contributed by atoms with Gasteiger partial charge in [-0.15, -0.1) is 0 Å². The number of nitrogens with one attached hydrogen (secondary N) is 1. The second kappa shape index (κ2) is 9.46. The highest BCUT2D eigenvalue weighted by molar-refractivity contribution is 5.22. The Bertz CT molecular complexity index is 251. The van der Waals surface area contributed by atoms with Crippen LogP contribution in [0, 0.1) is 6.92 Å². The SMILES string of the molecule is CC.CCNCCOc1cncc(C)c1. The van der Waals surface area contributed by atoms with Crippen LogP contribution in [-0.2, 0) is 0 Å². The molecule has 0 atom stereocenters. The molecule has 0 aliphatic heterocycles. The molecule has 0 saturated heterocycles. The number of ether oxygens (including phenoxy) is 1. The van der Waals surface area contributed by atoms with Crippen LogP contribution in [0.2, 0.25) is 0 Å². The summed E-state index contributed by atoms with van der Waals surface area (Å²) >= 11 is 0. The van der Waals surface area contributed by atoms with Gasteiger partial charge in [-0.05, 0) is 25.1 Å². The van der Waals surface area contributed by atoms with Gasteiger partial charge >= 0.3 is 0 Å². The Morgan fingerprint density at radius 1 is 1.33 bits per heavy atom. The first-order chi connectivity index (χ1) is 7.33. The lowest BCUT2D eigenvalue weighted by Crippen LogP contribution is -2.20. The molecule has 86 valence electrons. The minimum Gasteiger partial charge on any atom is -0.491 e. The molecular weight excluding hydrogens is 188 g/mol. The Morgan fingerprint density at radius 3 is 2.67 bits per heavy atom. The second-order valence-corrected chi connectivity index (χ2v) is 2.90. The van der Waals surface area contributed by atoms with Crippen molar-refractivity contribution in [2.45, 2.75) is 27.7 Å². The maximum atomic E-state index is 5.46. The van der Waals surface area contributed by atoms with Gasteiger partial charge in [0.1, 0.15) is 12.4 Å². The molecule has 1 N–H and O–H groups in total. The van der Waals surface area contributed by atoms with E-state index in [4.69, 9.17) is 4.74 Å². The highest BCUT2D eigenvalue weighted by Crippen LogP contribution is 2.09. The van der Waals surface area contributed by atoms with E-state index >= 15 is 0 Å². The average Bonchev–Trinajstić information content (AvgIpc) is 2.27. The largest absolute Gasteiger partial charge is 0.491 e. The highest BCUT2D eigenvalue weighted by Gasteiger charge is 1.93. The first-order valence-electron chi connectivity index (χ1n) is 5.58. The molecule has 0 amide bonds. The van der Waals surface area contributed by atoms with Gasteiger partial charge in [0.25, 0.3) is 0 Å². The molecule has 1 heterocycles. The molecule has 0 aliphatic rings. The number of hydrogen-bond donors (Lipinski definition) is 1. The quantitative estimate of drug-likeness (QED) is 0.758. The fourth-order valence-electron chi connectivity index (χ4n) is 1.02. The van der Waals surface area contributed by atoms with E-state index in [1.54, 1.807) is 6.20 Å². The van der Waals surface area contributed by atoms with Gasteiger partial charge in [0.05, 0.1) is 6.20 Å². The third kappa shape index (κ3) is 6.91. The monoisotopic (exact) mass is 210 g/mol. The van der Waals surface area contributed by atoms with Gasteiger partial charge in [0.15, 0.2) is 0 Å². The van der Waals surface area contributed by atoms with Gasteiger partial charge in [0, 0.05) is 12.7 Å². The molecule has 3 nitrogen and oxygen atoms in total. The number of rotatable bonds is 5. The summed E-state index contributed by atoms with van der Waals surface area (Å²) in [6.07, 6.45) is 3.55. The molecule has 0 unspecified atom stereocenters. The van der Waals surface area contributed by atoms with Crippen LogP contribution in [0.15, 0.2) is 18.5 Å². The summed E-state index contributed by atoms with van der Waals surface area (Å²) in [6, 6.07) is 1.99. The number of pyridine rings is 1. The Kier molecular flexibility index (Phi) is 8.78. The van der Waals surface area contributed by atoms with E-state index in [2.05, 4.69) is 17.2 Å². The maximum Gasteiger partial charge on any atom is 0.137 e. The molecule has 0 spiro atoms. The van der Waals surface area contributed by atoms with E-state index < -0.39 is 0 Å². The molecule has 0 saturated carbocycles. The van der Waals surface area contributed by atoms with Crippen molar-refractivity contribution >= 4 is 0 Å². The van der Waals surface area contributed by atoms with Crippen molar-refractivity contribution in [3.8, 4) is 5.75 Å². The molecule has 1 aromatic heterocycles. The lowest BCUT2D eigenvalue weighted by Gasteiger charge is -2.05. The Balaban J connectivity index is 0.000000921. The number of aromatic nitrogens is 1. The minimum absolute atomic E-state index is 0.693. The van der Waals surface area contributed by atoms with Gasteiger partial charge in [-0.25, -0.2) is 0 Å². The predicted molar refractivity (Wildman–Crippen MR) is 64.4 cm³/mol. The Hall–Kier alpha value is -1.09. The predicted octanol–water partition coefficient (Wildman–Crippen LogP) is 2.40. The smallest absolute Gasteiger partial charge is 0.137 e. The molecule has 1 rings (SSSR count). The lowest BCUT2D eigenvalue weighted by atomic mass is 10.3. The van der Waals surface area contributed by atoms with Crippen LogP contribution in [0.3, 0.4) is 0 Å². The van der Waals surface area contributed by atoms with Crippen LogP contribution >= 0.6 is 0 Å². The summed E-state index contributed by atoms with van der Waals surface area (Å²) in [5.74, 6) is 0.845. The third-order valence-corrected chi connectivity index (χ3v) is 1.65. The standard InChI is InChI=1S/C10H16N2O.C2H6/c1-3-11-4-5-13-10-6-9(2)7-12-8-10;1-2/h6-8,11H,3-5H2,1-2H3;1-2H3. The van der Waals surface area contributed by atoms with E-state index in [0.717, 1.165) is 24.4 Å². The first-order valence-corrected chi connectivity index (χ1v) is 5.58. The normalized spacial score (nSPS) is 9.07. The molecule has 0 bridgehead atoms. The lowest BCUT2D eigenvalue weighted by molar-refractivity contribution is 0.314. The molecule has 0 fully saturated rings. The molecule has 15 heavy (non-hydrogen) atoms. The van der Waals surface area contributed by atoms with Crippen molar-refractivity contribution in [1.29, 1.82) is 0 Å². The zero-order valence-corrected chi connectivity index (χ0v) is 10.2. The number of likely N-dealkylation sites (N-methyl/N-ethyl adjacent to an activating group) is 1. The van der Waals surface area contributed by atoms with Crippen molar-refractivity contribution in [3.05, 3.63) is 24.0 Å². The fourth-order valence-corrected chi connectivity index (χ4v) is 1.02. The van der Waals surface area contributed by atoms with Crippen LogP contribution in [-0.4, -0.2) is 24.7 Å². The van der Waals surface area contributed by atoms with Gasteiger partial charge in [-0.3, -0.25) is 4.98 Å². The van der Waals surface area contributed by atoms with Crippen LogP contribution in [0.5, 0.6) is 5.75 Å². The molecule has 3 heteroatoms. The van der Waals surface area contributed by atoms with E-state index in [-0.39, 0.29) is 0 Å². The fraction of sp³-hybridized carbons (Fsp3) is 0.583. The van der Waals surface area contributed by atoms with Gasteiger partial charge < -0.3 is 10.1 Å². The summed E-state index contributed by atoms with van der Waals surface area (Å²) in [6.45, 7) is 10.6. The summed E-state index contributed by atoms with van der Waals surface area (Å²) in [5.41, 5.74) is 1.13. The second-order valence-electron chi connectivity index (χ2n) is 2.90. The zero-order chi connectivity index (χ0) is 11.5. The summed E-state index contributed by atoms with van der Waals surface area (Å²) in [5, 5.41) is 3.19. The van der Waals surface area contributed by atoms with Crippen molar-refractivity contribution in [1.82, 2.24) is 10.3 Å². The maximum absolute atomic E-state index is 5.46. The van der Waals surface area contributed by atoms with Crippen molar-refractivity contribution in [2.75, 3.05) is 19.7 Å². The van der Waals surface area contributed by atoms with E-state index in [1.165, 1.54) is 0 Å². The molecule has 0 radical (unpaired) electrons. The molecule has 1 aromatic rings.